The summed E-state index contributed by atoms with van der Waals surface area (Å²) in [6, 6.07) is 12.4. The Morgan fingerprint density at radius 2 is 2.14 bits per heavy atom. The molecule has 0 saturated carbocycles. The lowest BCUT2D eigenvalue weighted by molar-refractivity contribution is -0.742. The number of aromatic nitrogens is 2. The molecule has 1 aliphatic rings. The van der Waals surface area contributed by atoms with Crippen molar-refractivity contribution in [3.63, 3.8) is 0 Å². The molecule has 4 rings (SSSR count). The Kier molecular flexibility index (Phi) is 8.88. The van der Waals surface area contributed by atoms with E-state index in [2.05, 4.69) is 10.3 Å². The summed E-state index contributed by atoms with van der Waals surface area (Å²) >= 11 is 12.6. The van der Waals surface area contributed by atoms with Crippen LogP contribution in [-0.4, -0.2) is 45.1 Å². The maximum absolute atomic E-state index is 11.3. The first-order chi connectivity index (χ1) is 16.7. The van der Waals surface area contributed by atoms with E-state index in [9.17, 15) is 4.79 Å². The number of hydrogen-bond donors (Lipinski definition) is 2. The number of halogens is 2. The van der Waals surface area contributed by atoms with Crippen molar-refractivity contribution in [3.8, 4) is 5.75 Å². The quantitative estimate of drug-likeness (QED) is 0.347. The number of nitrogens with one attached hydrogen (secondary N) is 1. The van der Waals surface area contributed by atoms with Gasteiger partial charge in [0.15, 0.2) is 0 Å². The van der Waals surface area contributed by atoms with Gasteiger partial charge in [-0.1, -0.05) is 35.3 Å². The van der Waals surface area contributed by atoms with E-state index in [-0.39, 0.29) is 18.6 Å². The number of anilines is 1. The molecule has 1 aromatic heterocycles. The lowest BCUT2D eigenvalue weighted by atomic mass is 10.1. The lowest BCUT2D eigenvalue weighted by Gasteiger charge is -2.30. The predicted octanol–water partition coefficient (Wildman–Crippen LogP) is 4.15. The van der Waals surface area contributed by atoms with Crippen molar-refractivity contribution in [2.24, 2.45) is 0 Å². The van der Waals surface area contributed by atoms with Gasteiger partial charge in [-0.25, -0.2) is 4.98 Å². The molecule has 1 amide bonds. The van der Waals surface area contributed by atoms with Gasteiger partial charge >= 0.3 is 0 Å². The number of amides is 1. The first kappa shape index (κ1) is 26.2. The third-order valence-corrected chi connectivity index (χ3v) is 5.29. The minimum atomic E-state index is -1.50. The van der Waals surface area contributed by atoms with Crippen LogP contribution in [0.15, 0.2) is 61.2 Å². The molecule has 0 bridgehead atoms. The molecule has 0 unspecified atom stereocenters. The molecule has 2 N–H and O–H groups in total. The first-order valence-corrected chi connectivity index (χ1v) is 11.0. The van der Waals surface area contributed by atoms with Crippen LogP contribution in [-0.2, 0) is 26.6 Å². The first-order valence-electron chi connectivity index (χ1n) is 10.2. The molecular formula is C22H22Cl2N4O7. The predicted molar refractivity (Wildman–Crippen MR) is 126 cm³/mol. The highest BCUT2D eigenvalue weighted by atomic mass is 35.5. The molecule has 0 radical (unpaired) electrons. The smallest absolute Gasteiger partial charge is 0.291 e. The van der Waals surface area contributed by atoms with Crippen molar-refractivity contribution < 1.29 is 29.3 Å². The fourth-order valence-corrected chi connectivity index (χ4v) is 3.98. The summed E-state index contributed by atoms with van der Waals surface area (Å²) in [7, 11) is 0. The molecule has 0 aliphatic carbocycles. The van der Waals surface area contributed by atoms with Gasteiger partial charge < -0.3 is 29.3 Å². The number of imidazole rings is 1. The van der Waals surface area contributed by atoms with Crippen molar-refractivity contribution in [3.05, 3.63) is 86.9 Å². The number of nitrogens with zero attached hydrogens (tertiary/aromatic N) is 3. The second kappa shape index (κ2) is 11.8. The summed E-state index contributed by atoms with van der Waals surface area (Å²) < 4.78 is 20.3. The number of carbonyl (C=O) groups is 1. The highest BCUT2D eigenvalue weighted by molar-refractivity contribution is 6.35. The summed E-state index contributed by atoms with van der Waals surface area (Å²) in [6.45, 7) is 2.40. The molecule has 2 aromatic carbocycles. The Bertz CT molecular complexity index is 1160. The summed E-state index contributed by atoms with van der Waals surface area (Å²) in [5.41, 5.74) is 1.35. The van der Waals surface area contributed by atoms with Gasteiger partial charge in [0, 0.05) is 41.7 Å². The molecule has 0 spiro atoms. The highest BCUT2D eigenvalue weighted by Crippen LogP contribution is 2.40. The average Bonchev–Trinajstić information content (AvgIpc) is 3.42. The average molecular weight is 525 g/mol. The van der Waals surface area contributed by atoms with Crippen LogP contribution in [0, 0.1) is 10.1 Å². The molecule has 35 heavy (non-hydrogen) atoms. The van der Waals surface area contributed by atoms with Crippen LogP contribution in [0.1, 0.15) is 12.5 Å². The molecule has 1 saturated heterocycles. The van der Waals surface area contributed by atoms with Gasteiger partial charge in [-0.05, 0) is 24.3 Å². The van der Waals surface area contributed by atoms with Crippen LogP contribution in [0.25, 0.3) is 0 Å². The van der Waals surface area contributed by atoms with E-state index in [1.165, 1.54) is 6.92 Å². The fraction of sp³-hybridized carbons (Fsp3) is 0.273. The van der Waals surface area contributed by atoms with Crippen LogP contribution in [0.3, 0.4) is 0 Å². The Labute approximate surface area is 210 Å². The van der Waals surface area contributed by atoms with Gasteiger partial charge in [-0.3, -0.25) is 4.79 Å². The van der Waals surface area contributed by atoms with E-state index in [0.29, 0.717) is 40.2 Å². The zero-order chi connectivity index (χ0) is 25.4. The second-order valence-electron chi connectivity index (χ2n) is 7.42. The Morgan fingerprint density at radius 1 is 1.37 bits per heavy atom. The Morgan fingerprint density at radius 3 is 2.80 bits per heavy atom. The Hall–Kier alpha value is -3.38. The van der Waals surface area contributed by atoms with E-state index in [1.807, 2.05) is 29.0 Å². The van der Waals surface area contributed by atoms with Crippen molar-refractivity contribution >= 4 is 34.8 Å². The second-order valence-corrected chi connectivity index (χ2v) is 8.26. The van der Waals surface area contributed by atoms with Gasteiger partial charge in [-0.2, -0.15) is 0 Å². The summed E-state index contributed by atoms with van der Waals surface area (Å²) in [5.74, 6) is -0.630. The number of rotatable bonds is 7. The topological polar surface area (TPSA) is 138 Å². The molecule has 2 heterocycles. The van der Waals surface area contributed by atoms with E-state index in [1.54, 1.807) is 36.8 Å². The third kappa shape index (κ3) is 7.55. The van der Waals surface area contributed by atoms with Gasteiger partial charge in [0.2, 0.25) is 11.7 Å². The standard InChI is InChI=1S/C22H21Cl2N3O4.HNO3/c1-15(28)26-17-3-2-4-18(10-17)29-11-19-12-30-22(31-19,13-27-8-7-25-14-27)20-6-5-16(23)9-21(20)24;2-1(3)4/h2-10,14,19H,11-13H2,1H3,(H,26,28);(H,2,3,4)/t19-,22-;/m1./s1. The van der Waals surface area contributed by atoms with Crippen molar-refractivity contribution in [1.82, 2.24) is 9.55 Å². The number of hydrogen-bond acceptors (Lipinski definition) is 7. The van der Waals surface area contributed by atoms with Crippen LogP contribution in [0.2, 0.25) is 10.0 Å². The summed E-state index contributed by atoms with van der Waals surface area (Å²) in [5, 5.41) is 17.4. The number of carbonyl (C=O) groups excluding carboxylic acids is 1. The molecule has 1 fully saturated rings. The fourth-order valence-electron chi connectivity index (χ4n) is 3.43. The monoisotopic (exact) mass is 524 g/mol. The molecule has 186 valence electrons. The zero-order valence-electron chi connectivity index (χ0n) is 18.5. The lowest BCUT2D eigenvalue weighted by Crippen LogP contribution is -2.34. The van der Waals surface area contributed by atoms with Gasteiger partial charge in [0.25, 0.3) is 5.09 Å². The SMILES string of the molecule is CC(=O)Nc1cccc(OC[C@@H]2CO[C@@](Cn3ccnc3)(c3ccc(Cl)cc3Cl)O2)c1.O=[N+]([O-])O. The number of benzene rings is 2. The van der Waals surface area contributed by atoms with Gasteiger partial charge in [0.1, 0.15) is 18.5 Å². The molecule has 13 heteroatoms. The summed E-state index contributed by atoms with van der Waals surface area (Å²) in [4.78, 5) is 23.7. The van der Waals surface area contributed by atoms with Gasteiger partial charge in [0.05, 0.1) is 24.5 Å². The van der Waals surface area contributed by atoms with Crippen LogP contribution >= 0.6 is 23.2 Å². The van der Waals surface area contributed by atoms with E-state index >= 15 is 0 Å². The van der Waals surface area contributed by atoms with E-state index in [0.717, 1.165) is 0 Å². The minimum absolute atomic E-state index is 0.145. The maximum atomic E-state index is 11.3. The van der Waals surface area contributed by atoms with Crippen LogP contribution in [0.4, 0.5) is 5.69 Å². The molecule has 11 nitrogen and oxygen atoms in total. The van der Waals surface area contributed by atoms with E-state index in [4.69, 9.17) is 52.7 Å². The zero-order valence-corrected chi connectivity index (χ0v) is 20.0. The third-order valence-electron chi connectivity index (χ3n) is 4.74. The largest absolute Gasteiger partial charge is 0.491 e. The van der Waals surface area contributed by atoms with Crippen LogP contribution in [0.5, 0.6) is 5.75 Å². The maximum Gasteiger partial charge on any atom is 0.291 e. The van der Waals surface area contributed by atoms with Crippen LogP contribution < -0.4 is 10.1 Å². The van der Waals surface area contributed by atoms with Crippen molar-refractivity contribution in [2.75, 3.05) is 18.5 Å². The number of ether oxygens (including phenoxy) is 3. The molecular weight excluding hydrogens is 503 g/mol. The van der Waals surface area contributed by atoms with Crippen molar-refractivity contribution in [1.29, 1.82) is 0 Å². The van der Waals surface area contributed by atoms with Gasteiger partial charge in [-0.15, -0.1) is 10.1 Å². The molecule has 1 aliphatic heterocycles. The highest BCUT2D eigenvalue weighted by Gasteiger charge is 2.45. The van der Waals surface area contributed by atoms with Crippen molar-refractivity contribution in [2.45, 2.75) is 25.4 Å². The summed E-state index contributed by atoms with van der Waals surface area (Å²) in [6.07, 6.45) is 4.87. The molecule has 3 aromatic rings. The van der Waals surface area contributed by atoms with E-state index < -0.39 is 10.9 Å². The Balaban J connectivity index is 0.000000795. The normalized spacial score (nSPS) is 18.9. The minimum Gasteiger partial charge on any atom is -0.491 e. The molecule has 2 atom stereocenters.